The largest absolute Gasteiger partial charge is 0.463 e. The molecule has 0 unspecified atom stereocenters. The fourth-order valence-corrected chi connectivity index (χ4v) is 3.40. The zero-order chi connectivity index (χ0) is 18.0. The Kier molecular flexibility index (Phi) is 5.15. The molecular weight excluding hydrogens is 365 g/mol. The van der Waals surface area contributed by atoms with E-state index in [0.29, 0.717) is 22.7 Å². The SMILES string of the molecule is CCOC(=O)C1=C(C)NC(c2cncs2)=N[C@@H]1c1ccc(F)cc1Cl. The van der Waals surface area contributed by atoms with Gasteiger partial charge in [0.15, 0.2) is 0 Å². The van der Waals surface area contributed by atoms with Crippen LogP contribution in [-0.2, 0) is 9.53 Å². The summed E-state index contributed by atoms with van der Waals surface area (Å²) >= 11 is 7.64. The van der Waals surface area contributed by atoms with Crippen LogP contribution in [0.4, 0.5) is 4.39 Å². The van der Waals surface area contributed by atoms with E-state index in [4.69, 9.17) is 16.3 Å². The van der Waals surface area contributed by atoms with Gasteiger partial charge in [0, 0.05) is 22.5 Å². The van der Waals surface area contributed by atoms with Crippen molar-refractivity contribution in [3.63, 3.8) is 0 Å². The second kappa shape index (κ2) is 7.33. The molecule has 0 aliphatic carbocycles. The van der Waals surface area contributed by atoms with Gasteiger partial charge in [-0.15, -0.1) is 11.3 Å². The summed E-state index contributed by atoms with van der Waals surface area (Å²) in [7, 11) is 0. The number of halogens is 2. The molecule has 1 aromatic carbocycles. The summed E-state index contributed by atoms with van der Waals surface area (Å²) in [6.07, 6.45) is 1.68. The number of thiazole rings is 1. The highest BCUT2D eigenvalue weighted by molar-refractivity contribution is 7.11. The number of rotatable bonds is 4. The number of benzene rings is 1. The zero-order valence-electron chi connectivity index (χ0n) is 13.5. The molecule has 25 heavy (non-hydrogen) atoms. The van der Waals surface area contributed by atoms with E-state index >= 15 is 0 Å². The fraction of sp³-hybridized carbons (Fsp3) is 0.235. The minimum absolute atomic E-state index is 0.203. The lowest BCUT2D eigenvalue weighted by molar-refractivity contribution is -0.138. The third-order valence-corrected chi connectivity index (χ3v) is 4.77. The molecule has 0 saturated carbocycles. The molecule has 1 aromatic heterocycles. The number of carbonyl (C=O) groups excluding carboxylic acids is 1. The molecule has 0 saturated heterocycles. The van der Waals surface area contributed by atoms with E-state index in [0.717, 1.165) is 4.88 Å². The Bertz CT molecular complexity index is 865. The fourth-order valence-electron chi connectivity index (χ4n) is 2.56. The van der Waals surface area contributed by atoms with Crippen molar-refractivity contribution in [1.82, 2.24) is 10.3 Å². The molecule has 2 heterocycles. The van der Waals surface area contributed by atoms with Gasteiger partial charge in [-0.3, -0.25) is 9.98 Å². The number of hydrogen-bond acceptors (Lipinski definition) is 6. The van der Waals surface area contributed by atoms with Crippen molar-refractivity contribution >= 4 is 34.7 Å². The predicted octanol–water partition coefficient (Wildman–Crippen LogP) is 3.86. The van der Waals surface area contributed by atoms with Crippen LogP contribution < -0.4 is 5.32 Å². The van der Waals surface area contributed by atoms with Crippen LogP contribution in [0.15, 0.2) is 46.2 Å². The zero-order valence-corrected chi connectivity index (χ0v) is 15.1. The minimum atomic E-state index is -0.689. The van der Waals surface area contributed by atoms with Gasteiger partial charge in [-0.25, -0.2) is 9.18 Å². The van der Waals surface area contributed by atoms with Gasteiger partial charge in [0.25, 0.3) is 0 Å². The van der Waals surface area contributed by atoms with Crippen molar-refractivity contribution in [1.29, 1.82) is 0 Å². The van der Waals surface area contributed by atoms with Crippen LogP contribution in [0.5, 0.6) is 0 Å². The summed E-state index contributed by atoms with van der Waals surface area (Å²) in [5, 5.41) is 3.32. The number of allylic oxidation sites excluding steroid dienone is 1. The molecule has 0 bridgehead atoms. The maximum Gasteiger partial charge on any atom is 0.338 e. The lowest BCUT2D eigenvalue weighted by Crippen LogP contribution is -2.32. The molecule has 3 rings (SSSR count). The highest BCUT2D eigenvalue weighted by Gasteiger charge is 2.32. The highest BCUT2D eigenvalue weighted by Crippen LogP contribution is 2.36. The molecular formula is C17H15ClFN3O2S. The normalized spacial score (nSPS) is 17.1. The second-order valence-electron chi connectivity index (χ2n) is 5.30. The Hall–Kier alpha value is -2.25. The average molecular weight is 380 g/mol. The molecule has 1 N–H and O–H groups in total. The standard InChI is InChI=1S/C17H15ClFN3O2S/c1-3-24-17(23)14-9(2)21-16(13-7-20-8-25-13)22-15(14)11-5-4-10(19)6-12(11)18/h4-8,15H,3H2,1-2H3,(H,21,22)/t15-/m1/s1. The van der Waals surface area contributed by atoms with Gasteiger partial charge < -0.3 is 10.1 Å². The van der Waals surface area contributed by atoms with Crippen molar-refractivity contribution in [2.24, 2.45) is 4.99 Å². The molecule has 0 spiro atoms. The maximum absolute atomic E-state index is 13.4. The number of nitrogens with one attached hydrogen (secondary N) is 1. The summed E-state index contributed by atoms with van der Waals surface area (Å²) in [6.45, 7) is 3.74. The molecule has 0 fully saturated rings. The summed E-state index contributed by atoms with van der Waals surface area (Å²) in [4.78, 5) is 21.9. The number of carbonyl (C=O) groups is 1. The van der Waals surface area contributed by atoms with Crippen LogP contribution in [0.25, 0.3) is 0 Å². The Morgan fingerprint density at radius 3 is 2.92 bits per heavy atom. The third-order valence-electron chi connectivity index (χ3n) is 3.66. The molecule has 1 aliphatic rings. The number of aromatic nitrogens is 1. The highest BCUT2D eigenvalue weighted by atomic mass is 35.5. The molecule has 1 atom stereocenters. The van der Waals surface area contributed by atoms with Crippen molar-refractivity contribution in [3.05, 3.63) is 62.5 Å². The van der Waals surface area contributed by atoms with Crippen LogP contribution in [0.3, 0.4) is 0 Å². The number of aliphatic imine (C=N–C) groups is 1. The molecule has 130 valence electrons. The summed E-state index contributed by atoms with van der Waals surface area (Å²) < 4.78 is 18.6. The van der Waals surface area contributed by atoms with Crippen molar-refractivity contribution in [3.8, 4) is 0 Å². The van der Waals surface area contributed by atoms with Gasteiger partial charge in [-0.05, 0) is 26.0 Å². The molecule has 1 aliphatic heterocycles. The Balaban J connectivity index is 2.11. The summed E-state index contributed by atoms with van der Waals surface area (Å²) in [6, 6.07) is 3.35. The molecule has 5 nitrogen and oxygen atoms in total. The first-order valence-corrected chi connectivity index (χ1v) is 8.83. The van der Waals surface area contributed by atoms with E-state index in [-0.39, 0.29) is 11.6 Å². The molecule has 0 radical (unpaired) electrons. The first-order chi connectivity index (χ1) is 12.0. The number of nitrogens with zero attached hydrogens (tertiary/aromatic N) is 2. The number of ether oxygens (including phenoxy) is 1. The topological polar surface area (TPSA) is 63.6 Å². The van der Waals surface area contributed by atoms with Gasteiger partial charge in [-0.2, -0.15) is 0 Å². The van der Waals surface area contributed by atoms with E-state index in [1.54, 1.807) is 25.6 Å². The van der Waals surface area contributed by atoms with Gasteiger partial charge in [0.2, 0.25) is 0 Å². The third kappa shape index (κ3) is 3.57. The van der Waals surface area contributed by atoms with Gasteiger partial charge in [0.05, 0.1) is 22.6 Å². The van der Waals surface area contributed by atoms with E-state index < -0.39 is 17.8 Å². The number of esters is 1. The van der Waals surface area contributed by atoms with Crippen LogP contribution in [0.2, 0.25) is 5.02 Å². The predicted molar refractivity (Wildman–Crippen MR) is 95.3 cm³/mol. The average Bonchev–Trinajstić information content (AvgIpc) is 3.08. The first kappa shape index (κ1) is 17.6. The Morgan fingerprint density at radius 1 is 1.48 bits per heavy atom. The number of amidine groups is 1. The Morgan fingerprint density at radius 2 is 2.28 bits per heavy atom. The van der Waals surface area contributed by atoms with Crippen molar-refractivity contribution in [2.45, 2.75) is 19.9 Å². The molecule has 8 heteroatoms. The summed E-state index contributed by atoms with van der Waals surface area (Å²) in [5.74, 6) is -0.351. The summed E-state index contributed by atoms with van der Waals surface area (Å²) in [5.41, 5.74) is 3.19. The maximum atomic E-state index is 13.4. The molecule has 0 amide bonds. The minimum Gasteiger partial charge on any atom is -0.463 e. The van der Waals surface area contributed by atoms with Crippen LogP contribution in [0, 0.1) is 5.82 Å². The van der Waals surface area contributed by atoms with Gasteiger partial charge in [-0.1, -0.05) is 17.7 Å². The lowest BCUT2D eigenvalue weighted by atomic mass is 9.96. The van der Waals surface area contributed by atoms with Crippen molar-refractivity contribution in [2.75, 3.05) is 6.61 Å². The van der Waals surface area contributed by atoms with E-state index in [9.17, 15) is 9.18 Å². The Labute approximate surface area is 153 Å². The van der Waals surface area contributed by atoms with Gasteiger partial charge in [0.1, 0.15) is 17.7 Å². The first-order valence-electron chi connectivity index (χ1n) is 7.57. The van der Waals surface area contributed by atoms with E-state index in [2.05, 4.69) is 15.3 Å². The quantitative estimate of drug-likeness (QED) is 0.819. The van der Waals surface area contributed by atoms with Crippen LogP contribution >= 0.6 is 22.9 Å². The smallest absolute Gasteiger partial charge is 0.338 e. The monoisotopic (exact) mass is 379 g/mol. The lowest BCUT2D eigenvalue weighted by Gasteiger charge is -2.26. The second-order valence-corrected chi connectivity index (χ2v) is 6.59. The van der Waals surface area contributed by atoms with Crippen molar-refractivity contribution < 1.29 is 13.9 Å². The van der Waals surface area contributed by atoms with E-state index in [1.807, 2.05) is 0 Å². The van der Waals surface area contributed by atoms with Crippen LogP contribution in [-0.4, -0.2) is 23.4 Å². The van der Waals surface area contributed by atoms with E-state index in [1.165, 1.54) is 29.5 Å². The molecule has 2 aromatic rings. The van der Waals surface area contributed by atoms with Gasteiger partial charge >= 0.3 is 5.97 Å². The van der Waals surface area contributed by atoms with Crippen LogP contribution in [0.1, 0.15) is 30.3 Å². The number of hydrogen-bond donors (Lipinski definition) is 1.